The van der Waals surface area contributed by atoms with Crippen molar-refractivity contribution in [1.82, 2.24) is 0 Å². The van der Waals surface area contributed by atoms with E-state index in [1.165, 1.54) is 10.1 Å². The first-order valence-electron chi connectivity index (χ1n) is 17.3. The van der Waals surface area contributed by atoms with Gasteiger partial charge in [0.25, 0.3) is 0 Å². The first kappa shape index (κ1) is 38.5. The molecule has 4 aliphatic rings. The normalized spacial score (nSPS) is 36.9. The maximum absolute atomic E-state index is 13.7. The van der Waals surface area contributed by atoms with E-state index in [1.54, 1.807) is 6.08 Å². The molecule has 0 radical (unpaired) electrons. The summed E-state index contributed by atoms with van der Waals surface area (Å²) >= 11 is 3.83. The van der Waals surface area contributed by atoms with E-state index < -0.39 is 34.8 Å². The lowest BCUT2D eigenvalue weighted by atomic mass is 9.37. The standard InChI is InChI=1S/C36H60BrF3O4SSi/c1-30(2,3)46(11,12)44-28-18-20-33(8)26(32(28,6)7)17-22-34(9)27(33)13-14-29(43-45(41,42)36(38,39)40)35(34,10)21-16-24-15-19-31(4,5)23-25(24)37/h14,26-28H,13,15-23H2,1-12H3/t26-,27+,28-,33-,34+,35+/m0/s1. The molecule has 6 atom stereocenters. The van der Waals surface area contributed by atoms with Crippen LogP contribution in [0.2, 0.25) is 18.1 Å². The Bertz CT molecular complexity index is 1360. The Morgan fingerprint density at radius 1 is 0.957 bits per heavy atom. The van der Waals surface area contributed by atoms with Crippen molar-refractivity contribution in [2.45, 2.75) is 163 Å². The number of halogens is 4. The second kappa shape index (κ2) is 11.9. The molecule has 0 amide bonds. The van der Waals surface area contributed by atoms with Gasteiger partial charge in [-0.15, -0.1) is 0 Å². The monoisotopic (exact) mass is 752 g/mol. The molecular weight excluding hydrogens is 693 g/mol. The van der Waals surface area contributed by atoms with Gasteiger partial charge >= 0.3 is 15.6 Å². The molecule has 4 aliphatic carbocycles. The molecule has 0 aromatic carbocycles. The van der Waals surface area contributed by atoms with Crippen LogP contribution in [0.4, 0.5) is 13.2 Å². The molecule has 2 fully saturated rings. The first-order valence-corrected chi connectivity index (χ1v) is 22.4. The van der Waals surface area contributed by atoms with Gasteiger partial charge in [-0.1, -0.05) is 90.7 Å². The molecule has 0 N–H and O–H groups in total. The Labute approximate surface area is 287 Å². The van der Waals surface area contributed by atoms with Gasteiger partial charge in [0.05, 0.1) is 6.10 Å². The molecular formula is C36H60BrF3O4SSi. The number of hydrogen-bond acceptors (Lipinski definition) is 4. The third-order valence-electron chi connectivity index (χ3n) is 14.1. The minimum absolute atomic E-state index is 0.0207. The number of alkyl halides is 3. The Morgan fingerprint density at radius 3 is 2.11 bits per heavy atom. The highest BCUT2D eigenvalue weighted by atomic mass is 79.9. The van der Waals surface area contributed by atoms with Crippen LogP contribution in [0.1, 0.15) is 133 Å². The number of rotatable bonds is 7. The number of hydrogen-bond donors (Lipinski definition) is 0. The van der Waals surface area contributed by atoms with Crippen molar-refractivity contribution in [3.63, 3.8) is 0 Å². The van der Waals surface area contributed by atoms with Gasteiger partial charge in [0, 0.05) is 5.41 Å². The van der Waals surface area contributed by atoms with Crippen LogP contribution < -0.4 is 0 Å². The maximum atomic E-state index is 13.7. The summed E-state index contributed by atoms with van der Waals surface area (Å²) in [6.07, 6.45) is 10.1. The summed E-state index contributed by atoms with van der Waals surface area (Å²) in [7, 11) is -7.81. The minimum atomic E-state index is -5.80. The minimum Gasteiger partial charge on any atom is -0.413 e. The predicted octanol–water partition coefficient (Wildman–Crippen LogP) is 12.0. The van der Waals surface area contributed by atoms with Crippen LogP contribution >= 0.6 is 15.9 Å². The van der Waals surface area contributed by atoms with Crippen molar-refractivity contribution < 1.29 is 30.2 Å². The zero-order valence-corrected chi connectivity index (χ0v) is 33.8. The van der Waals surface area contributed by atoms with Crippen LogP contribution in [0.5, 0.6) is 0 Å². The smallest absolute Gasteiger partial charge is 0.413 e. The van der Waals surface area contributed by atoms with E-state index in [0.29, 0.717) is 25.2 Å². The molecule has 10 heteroatoms. The van der Waals surface area contributed by atoms with E-state index in [1.807, 2.05) is 6.92 Å². The Balaban J connectivity index is 1.74. The highest BCUT2D eigenvalue weighted by Gasteiger charge is 2.67. The fraction of sp³-hybridized carbons (Fsp3) is 0.889. The fourth-order valence-corrected chi connectivity index (χ4v) is 13.0. The van der Waals surface area contributed by atoms with Gasteiger partial charge in [0.15, 0.2) is 8.32 Å². The molecule has 46 heavy (non-hydrogen) atoms. The van der Waals surface area contributed by atoms with Crippen molar-refractivity contribution in [2.75, 3.05) is 0 Å². The SMILES string of the molecule is CC1(C)CCC(CC[C@]2(C)C(OS(=O)(=O)C(F)(F)F)=CC[C@@H]3[C@@]4(C)CC[C@H](O[Si](C)(C)C(C)(C)C)C(C)(C)[C@@H]4CC[C@]32C)=C(Br)C1. The second-order valence-corrected chi connectivity index (χ2v) is 26.0. The van der Waals surface area contributed by atoms with Crippen molar-refractivity contribution in [2.24, 2.45) is 38.9 Å². The predicted molar refractivity (Wildman–Crippen MR) is 187 cm³/mol. The molecule has 0 heterocycles. The van der Waals surface area contributed by atoms with E-state index >= 15 is 0 Å². The van der Waals surface area contributed by atoms with Crippen LogP contribution in [0.15, 0.2) is 21.9 Å². The summed E-state index contributed by atoms with van der Waals surface area (Å²) in [6, 6.07) is 0. The van der Waals surface area contributed by atoms with Gasteiger partial charge in [0.2, 0.25) is 0 Å². The lowest BCUT2D eigenvalue weighted by Crippen LogP contribution is -2.64. The van der Waals surface area contributed by atoms with Crippen LogP contribution in [0.3, 0.4) is 0 Å². The molecule has 0 aliphatic heterocycles. The summed E-state index contributed by atoms with van der Waals surface area (Å²) < 4.78 is 79.5. The molecule has 0 aromatic rings. The molecule has 0 spiro atoms. The van der Waals surface area contributed by atoms with Gasteiger partial charge in [-0.3, -0.25) is 0 Å². The summed E-state index contributed by atoms with van der Waals surface area (Å²) in [4.78, 5) is 0. The van der Waals surface area contributed by atoms with Crippen LogP contribution in [-0.2, 0) is 18.7 Å². The third kappa shape index (κ3) is 6.49. The van der Waals surface area contributed by atoms with E-state index in [4.69, 9.17) is 8.61 Å². The third-order valence-corrected chi connectivity index (χ3v) is 20.4. The highest BCUT2D eigenvalue weighted by Crippen LogP contribution is 2.72. The summed E-state index contributed by atoms with van der Waals surface area (Å²) in [5, 5.41) is 0.108. The van der Waals surface area contributed by atoms with Crippen molar-refractivity contribution in [1.29, 1.82) is 0 Å². The van der Waals surface area contributed by atoms with Crippen molar-refractivity contribution in [3.05, 3.63) is 21.9 Å². The van der Waals surface area contributed by atoms with Crippen LogP contribution in [-0.4, -0.2) is 28.3 Å². The van der Waals surface area contributed by atoms with E-state index in [-0.39, 0.29) is 39.1 Å². The second-order valence-electron chi connectivity index (χ2n) is 18.8. The van der Waals surface area contributed by atoms with E-state index in [0.717, 1.165) is 44.9 Å². The van der Waals surface area contributed by atoms with Gasteiger partial charge in [-0.25, -0.2) is 0 Å². The average molecular weight is 754 g/mol. The average Bonchev–Trinajstić information content (AvgIpc) is 2.86. The quantitative estimate of drug-likeness (QED) is 0.148. The molecule has 0 unspecified atom stereocenters. The van der Waals surface area contributed by atoms with E-state index in [2.05, 4.69) is 91.3 Å². The summed E-state index contributed by atoms with van der Waals surface area (Å²) in [5.41, 5.74) is -5.51. The van der Waals surface area contributed by atoms with Crippen molar-refractivity contribution >= 4 is 34.4 Å². The molecule has 266 valence electrons. The highest BCUT2D eigenvalue weighted by molar-refractivity contribution is 9.11. The van der Waals surface area contributed by atoms with Gasteiger partial charge in [-0.2, -0.15) is 21.6 Å². The zero-order chi connectivity index (χ0) is 35.2. The van der Waals surface area contributed by atoms with Gasteiger partial charge < -0.3 is 8.61 Å². The van der Waals surface area contributed by atoms with Gasteiger partial charge in [0.1, 0.15) is 5.76 Å². The zero-order valence-electron chi connectivity index (χ0n) is 30.4. The Morgan fingerprint density at radius 2 is 1.57 bits per heavy atom. The molecule has 2 saturated carbocycles. The number of allylic oxidation sites excluding steroid dienone is 4. The molecule has 0 saturated heterocycles. The van der Waals surface area contributed by atoms with Gasteiger partial charge in [-0.05, 0) is 126 Å². The molecule has 4 nitrogen and oxygen atoms in total. The molecule has 0 aromatic heterocycles. The van der Waals surface area contributed by atoms with E-state index in [9.17, 15) is 21.6 Å². The van der Waals surface area contributed by atoms with Crippen LogP contribution in [0, 0.1) is 38.9 Å². The summed E-state index contributed by atoms with van der Waals surface area (Å²) in [6.45, 7) is 27.3. The Hall–Kier alpha value is -0.323. The Kier molecular flexibility index (Phi) is 9.94. The lowest BCUT2D eigenvalue weighted by molar-refractivity contribution is -0.196. The molecule has 4 rings (SSSR count). The lowest BCUT2D eigenvalue weighted by Gasteiger charge is -2.68. The fourth-order valence-electron chi connectivity index (χ4n) is 9.81. The number of fused-ring (bicyclic) bond motifs is 3. The maximum Gasteiger partial charge on any atom is 0.534 e. The molecule has 0 bridgehead atoms. The van der Waals surface area contributed by atoms with Crippen molar-refractivity contribution in [3.8, 4) is 0 Å². The first-order chi connectivity index (χ1) is 20.5. The largest absolute Gasteiger partial charge is 0.534 e. The van der Waals surface area contributed by atoms with Crippen LogP contribution in [0.25, 0.3) is 0 Å². The topological polar surface area (TPSA) is 52.6 Å². The summed E-state index contributed by atoms with van der Waals surface area (Å²) in [5.74, 6) is 0.520.